The Morgan fingerprint density at radius 2 is 1.90 bits per heavy atom. The Kier molecular flexibility index (Phi) is 4.99. The molecule has 1 aromatic rings. The van der Waals surface area contributed by atoms with Crippen LogP contribution in [-0.2, 0) is 20.9 Å². The molecule has 2 atom stereocenters. The Morgan fingerprint density at radius 1 is 1.20 bits per heavy atom. The molecule has 1 aliphatic heterocycles. The van der Waals surface area contributed by atoms with Crippen LogP contribution in [0.4, 0.5) is 0 Å². The van der Waals surface area contributed by atoms with E-state index in [2.05, 4.69) is 31.8 Å². The first-order chi connectivity index (χ1) is 9.48. The summed E-state index contributed by atoms with van der Waals surface area (Å²) < 4.78 is 10.9. The summed E-state index contributed by atoms with van der Waals surface area (Å²) in [6.45, 7) is 8.08. The molecule has 1 fully saturated rings. The lowest BCUT2D eigenvalue weighted by atomic mass is 10.1. The number of hydrogen-bond acceptors (Lipinski definition) is 3. The van der Waals surface area contributed by atoms with Crippen LogP contribution in [0.5, 0.6) is 0 Å². The summed E-state index contributed by atoms with van der Waals surface area (Å²) in [7, 11) is -1.44. The molecule has 1 heterocycles. The number of ether oxygens (including phenoxy) is 2. The van der Waals surface area contributed by atoms with Crippen molar-refractivity contribution in [1.29, 1.82) is 0 Å². The topological polar surface area (TPSA) is 35.5 Å². The van der Waals surface area contributed by atoms with E-state index in [4.69, 9.17) is 9.47 Å². The van der Waals surface area contributed by atoms with E-state index in [0.29, 0.717) is 6.61 Å². The first-order valence-electron chi connectivity index (χ1n) is 7.30. The van der Waals surface area contributed by atoms with Gasteiger partial charge >= 0.3 is 5.97 Å². The fourth-order valence-corrected chi connectivity index (χ4v) is 4.78. The zero-order valence-corrected chi connectivity index (χ0v) is 13.6. The van der Waals surface area contributed by atoms with Crippen molar-refractivity contribution in [2.45, 2.75) is 50.7 Å². The minimum atomic E-state index is -1.44. The van der Waals surface area contributed by atoms with E-state index in [1.54, 1.807) is 0 Å². The standard InChI is InChI=1S/C16H24O3Si/c1-20(2,3)15-14(19-16(15)17)10-7-11-18-12-13-8-5-4-6-9-13/h4-6,8-9,14-15H,7,10-12H2,1-3H3. The smallest absolute Gasteiger partial charge is 0.310 e. The molecule has 0 bridgehead atoms. The van der Waals surface area contributed by atoms with Crippen molar-refractivity contribution in [3.05, 3.63) is 35.9 Å². The maximum atomic E-state index is 11.5. The maximum absolute atomic E-state index is 11.5. The monoisotopic (exact) mass is 292 g/mol. The van der Waals surface area contributed by atoms with Gasteiger partial charge in [-0.2, -0.15) is 0 Å². The number of carbonyl (C=O) groups is 1. The average Bonchev–Trinajstić information content (AvgIpc) is 2.36. The van der Waals surface area contributed by atoms with Crippen LogP contribution in [0.2, 0.25) is 25.2 Å². The van der Waals surface area contributed by atoms with Crippen LogP contribution in [0, 0.1) is 0 Å². The second kappa shape index (κ2) is 6.55. The van der Waals surface area contributed by atoms with Gasteiger partial charge in [-0.05, 0) is 18.4 Å². The van der Waals surface area contributed by atoms with Gasteiger partial charge in [-0.25, -0.2) is 0 Å². The summed E-state index contributed by atoms with van der Waals surface area (Å²) in [5.41, 5.74) is 1.37. The van der Waals surface area contributed by atoms with E-state index >= 15 is 0 Å². The zero-order chi connectivity index (χ0) is 14.6. The van der Waals surface area contributed by atoms with Crippen molar-refractivity contribution < 1.29 is 14.3 Å². The molecule has 0 aliphatic carbocycles. The van der Waals surface area contributed by atoms with Gasteiger partial charge < -0.3 is 9.47 Å². The molecule has 3 nitrogen and oxygen atoms in total. The van der Waals surface area contributed by atoms with E-state index in [-0.39, 0.29) is 17.6 Å². The van der Waals surface area contributed by atoms with E-state index in [1.165, 1.54) is 5.56 Å². The first kappa shape index (κ1) is 15.3. The second-order valence-corrected chi connectivity index (χ2v) is 11.9. The van der Waals surface area contributed by atoms with Gasteiger partial charge in [0.05, 0.1) is 20.2 Å². The van der Waals surface area contributed by atoms with Gasteiger partial charge in [0.25, 0.3) is 0 Å². The van der Waals surface area contributed by atoms with E-state index < -0.39 is 8.07 Å². The van der Waals surface area contributed by atoms with Crippen LogP contribution in [0.3, 0.4) is 0 Å². The van der Waals surface area contributed by atoms with E-state index in [1.807, 2.05) is 18.2 Å². The van der Waals surface area contributed by atoms with Gasteiger partial charge in [0.1, 0.15) is 6.10 Å². The molecule has 0 saturated carbocycles. The Hall–Kier alpha value is -1.13. The lowest BCUT2D eigenvalue weighted by molar-refractivity contribution is -0.170. The summed E-state index contributed by atoms with van der Waals surface area (Å²) in [5, 5.41) is 0. The normalized spacial score (nSPS) is 22.2. The molecule has 110 valence electrons. The lowest BCUT2D eigenvalue weighted by Crippen LogP contribution is -2.52. The summed E-state index contributed by atoms with van der Waals surface area (Å²) in [4.78, 5) is 11.5. The third-order valence-corrected chi connectivity index (χ3v) is 6.19. The van der Waals surface area contributed by atoms with Crippen molar-refractivity contribution in [1.82, 2.24) is 0 Å². The molecule has 20 heavy (non-hydrogen) atoms. The molecule has 2 rings (SSSR count). The Bertz CT molecular complexity index is 439. The highest BCUT2D eigenvalue weighted by molar-refractivity contribution is 6.81. The van der Waals surface area contributed by atoms with Crippen molar-refractivity contribution >= 4 is 14.0 Å². The highest BCUT2D eigenvalue weighted by Crippen LogP contribution is 2.39. The number of esters is 1. The van der Waals surface area contributed by atoms with Crippen molar-refractivity contribution in [3.63, 3.8) is 0 Å². The number of carbonyl (C=O) groups excluding carboxylic acids is 1. The van der Waals surface area contributed by atoms with Crippen LogP contribution < -0.4 is 0 Å². The molecular weight excluding hydrogens is 268 g/mol. The van der Waals surface area contributed by atoms with Crippen LogP contribution >= 0.6 is 0 Å². The van der Waals surface area contributed by atoms with Crippen LogP contribution in [0.1, 0.15) is 18.4 Å². The van der Waals surface area contributed by atoms with Crippen LogP contribution in [-0.4, -0.2) is 26.8 Å². The highest BCUT2D eigenvalue weighted by atomic mass is 28.3. The van der Waals surface area contributed by atoms with Gasteiger partial charge in [0.2, 0.25) is 0 Å². The summed E-state index contributed by atoms with van der Waals surface area (Å²) in [6.07, 6.45) is 2.01. The minimum absolute atomic E-state index is 0.0133. The number of cyclic esters (lactones) is 1. The summed E-state index contributed by atoms with van der Waals surface area (Å²) in [5.74, 6) is 0.0133. The van der Waals surface area contributed by atoms with Gasteiger partial charge in [-0.15, -0.1) is 0 Å². The average molecular weight is 292 g/mol. The zero-order valence-electron chi connectivity index (χ0n) is 12.6. The molecule has 0 amide bonds. The molecule has 1 aliphatic rings. The SMILES string of the molecule is C[Si](C)(C)C1C(=O)OC1CCCOCc1ccccc1. The molecule has 1 saturated heterocycles. The maximum Gasteiger partial charge on any atom is 0.310 e. The molecule has 0 spiro atoms. The molecule has 2 unspecified atom stereocenters. The third-order valence-electron chi connectivity index (χ3n) is 3.72. The molecular formula is C16H24O3Si. The van der Waals surface area contributed by atoms with Crippen molar-refractivity contribution in [2.75, 3.05) is 6.61 Å². The molecule has 1 aromatic carbocycles. The number of benzene rings is 1. The van der Waals surface area contributed by atoms with E-state index in [9.17, 15) is 4.79 Å². The van der Waals surface area contributed by atoms with Crippen LogP contribution in [0.15, 0.2) is 30.3 Å². The second-order valence-electron chi connectivity index (χ2n) is 6.50. The predicted octanol–water partition coefficient (Wildman–Crippen LogP) is 3.62. The lowest BCUT2D eigenvalue weighted by Gasteiger charge is -2.42. The Balaban J connectivity index is 1.63. The molecule has 0 N–H and O–H groups in total. The van der Waals surface area contributed by atoms with Crippen molar-refractivity contribution in [3.8, 4) is 0 Å². The van der Waals surface area contributed by atoms with Gasteiger partial charge in [-0.1, -0.05) is 50.0 Å². The molecule has 0 aromatic heterocycles. The Morgan fingerprint density at radius 3 is 2.50 bits per heavy atom. The number of hydrogen-bond donors (Lipinski definition) is 0. The third kappa shape index (κ3) is 3.93. The number of rotatable bonds is 7. The van der Waals surface area contributed by atoms with Gasteiger partial charge in [0.15, 0.2) is 0 Å². The highest BCUT2D eigenvalue weighted by Gasteiger charge is 2.49. The quantitative estimate of drug-likeness (QED) is 0.437. The minimum Gasteiger partial charge on any atom is -0.462 e. The summed E-state index contributed by atoms with van der Waals surface area (Å²) in [6, 6.07) is 10.2. The predicted molar refractivity (Wildman–Crippen MR) is 82.3 cm³/mol. The van der Waals surface area contributed by atoms with E-state index in [0.717, 1.165) is 19.4 Å². The fourth-order valence-electron chi connectivity index (χ4n) is 2.66. The van der Waals surface area contributed by atoms with Gasteiger partial charge in [-0.3, -0.25) is 4.79 Å². The van der Waals surface area contributed by atoms with Crippen LogP contribution in [0.25, 0.3) is 0 Å². The molecule has 0 radical (unpaired) electrons. The largest absolute Gasteiger partial charge is 0.462 e. The first-order valence-corrected chi connectivity index (χ1v) is 10.9. The Labute approximate surface area is 122 Å². The fraction of sp³-hybridized carbons (Fsp3) is 0.562. The molecule has 4 heteroatoms. The summed E-state index contributed by atoms with van der Waals surface area (Å²) >= 11 is 0. The van der Waals surface area contributed by atoms with Gasteiger partial charge in [0, 0.05) is 6.61 Å². The van der Waals surface area contributed by atoms with Crippen molar-refractivity contribution in [2.24, 2.45) is 0 Å².